The van der Waals surface area contributed by atoms with Crippen molar-refractivity contribution < 1.29 is 49.3 Å². The van der Waals surface area contributed by atoms with Gasteiger partial charge in [-0.3, -0.25) is 9.59 Å². The first-order chi connectivity index (χ1) is 45.2. The zero-order valence-electron chi connectivity index (χ0n) is 60.5. The zero-order valence-corrected chi connectivity index (χ0v) is 60.5. The highest BCUT2D eigenvalue weighted by atomic mass is 16.7. The second-order valence-electron chi connectivity index (χ2n) is 28.1. The number of esters is 1. The maximum atomic E-state index is 13.1. The molecule has 6 N–H and O–H groups in total. The van der Waals surface area contributed by atoms with Crippen LogP contribution < -0.4 is 5.32 Å². The van der Waals surface area contributed by atoms with Gasteiger partial charge in [-0.15, -0.1) is 0 Å². The monoisotopic (exact) mass is 1300 g/mol. The Morgan fingerprint density at radius 2 is 0.707 bits per heavy atom. The summed E-state index contributed by atoms with van der Waals surface area (Å²) in [4.78, 5) is 25.1. The largest absolute Gasteiger partial charge is 0.466 e. The van der Waals surface area contributed by atoms with Gasteiger partial charge in [0.05, 0.1) is 32.0 Å². The Morgan fingerprint density at radius 1 is 0.391 bits per heavy atom. The van der Waals surface area contributed by atoms with E-state index in [2.05, 4.69) is 43.5 Å². The topological polar surface area (TPSA) is 175 Å². The Kier molecular flexibility index (Phi) is 67.1. The molecule has 0 aliphatic carbocycles. The average molecular weight is 1300 g/mol. The minimum Gasteiger partial charge on any atom is -0.466 e. The van der Waals surface area contributed by atoms with Crippen LogP contribution in [0.25, 0.3) is 0 Å². The van der Waals surface area contributed by atoms with Crippen molar-refractivity contribution in [3.63, 3.8) is 0 Å². The summed E-state index contributed by atoms with van der Waals surface area (Å²) in [6, 6.07) is -0.830. The smallest absolute Gasteiger partial charge is 0.305 e. The summed E-state index contributed by atoms with van der Waals surface area (Å²) >= 11 is 0. The lowest BCUT2D eigenvalue weighted by molar-refractivity contribution is -0.302. The summed E-state index contributed by atoms with van der Waals surface area (Å²) in [5.41, 5.74) is 0. The van der Waals surface area contributed by atoms with E-state index in [4.69, 9.17) is 14.2 Å². The molecule has 7 unspecified atom stereocenters. The molecule has 0 aromatic carbocycles. The van der Waals surface area contributed by atoms with Crippen LogP contribution in [-0.2, 0) is 23.8 Å². The Bertz CT molecular complexity index is 1620. The maximum Gasteiger partial charge on any atom is 0.305 e. The maximum absolute atomic E-state index is 13.1. The average Bonchev–Trinajstić information content (AvgIpc) is 1.08. The fourth-order valence-corrected chi connectivity index (χ4v) is 12.9. The summed E-state index contributed by atoms with van der Waals surface area (Å²) in [6.07, 6.45) is 82.0. The molecule has 542 valence electrons. The summed E-state index contributed by atoms with van der Waals surface area (Å²) in [7, 11) is 0. The molecule has 7 atom stereocenters. The van der Waals surface area contributed by atoms with E-state index in [0.29, 0.717) is 19.4 Å². The predicted molar refractivity (Wildman–Crippen MR) is 389 cm³/mol. The van der Waals surface area contributed by atoms with Crippen LogP contribution in [0.1, 0.15) is 406 Å². The molecule has 92 heavy (non-hydrogen) atoms. The molecule has 0 bridgehead atoms. The summed E-state index contributed by atoms with van der Waals surface area (Å²) in [5.74, 6) is -0.169. The van der Waals surface area contributed by atoms with Gasteiger partial charge < -0.3 is 45.1 Å². The van der Waals surface area contributed by atoms with Crippen molar-refractivity contribution >= 4 is 11.9 Å². The van der Waals surface area contributed by atoms with E-state index in [0.717, 1.165) is 64.2 Å². The number of carbonyl (C=O) groups excluding carboxylic acids is 2. The molecule has 0 aromatic rings. The van der Waals surface area contributed by atoms with E-state index < -0.39 is 49.5 Å². The summed E-state index contributed by atoms with van der Waals surface area (Å²) in [6.45, 7) is 4.33. The second-order valence-corrected chi connectivity index (χ2v) is 28.1. The molecule has 0 aromatic heterocycles. The third-order valence-electron chi connectivity index (χ3n) is 19.2. The number of hydrogen-bond donors (Lipinski definition) is 6. The van der Waals surface area contributed by atoms with Crippen molar-refractivity contribution in [1.82, 2.24) is 5.32 Å². The molecule has 1 rings (SSSR count). The van der Waals surface area contributed by atoms with E-state index in [1.165, 1.54) is 315 Å². The Balaban J connectivity index is 1.87. The number of rotatable bonds is 72. The number of carbonyl (C=O) groups is 2. The van der Waals surface area contributed by atoms with Gasteiger partial charge in [-0.05, 0) is 51.4 Å². The fourth-order valence-electron chi connectivity index (χ4n) is 12.9. The number of aliphatic hydroxyl groups is 5. The molecule has 0 spiro atoms. The lowest BCUT2D eigenvalue weighted by Crippen LogP contribution is -2.60. The lowest BCUT2D eigenvalue weighted by atomic mass is 9.99. The first kappa shape index (κ1) is 87.9. The predicted octanol–water partition coefficient (Wildman–Crippen LogP) is 21.7. The van der Waals surface area contributed by atoms with Crippen LogP contribution in [0.15, 0.2) is 36.5 Å². The van der Waals surface area contributed by atoms with E-state index >= 15 is 0 Å². The van der Waals surface area contributed by atoms with Gasteiger partial charge in [0.25, 0.3) is 0 Å². The van der Waals surface area contributed by atoms with Gasteiger partial charge in [0.15, 0.2) is 6.29 Å². The van der Waals surface area contributed by atoms with Crippen molar-refractivity contribution in [2.24, 2.45) is 0 Å². The van der Waals surface area contributed by atoms with Gasteiger partial charge in [0.1, 0.15) is 24.4 Å². The number of ether oxygens (including phenoxy) is 3. The van der Waals surface area contributed by atoms with E-state index in [1.807, 2.05) is 6.08 Å². The second kappa shape index (κ2) is 70.2. The van der Waals surface area contributed by atoms with Crippen LogP contribution in [0.3, 0.4) is 0 Å². The van der Waals surface area contributed by atoms with E-state index in [1.54, 1.807) is 6.08 Å². The molecule has 0 saturated carbocycles. The molecule has 0 radical (unpaired) electrons. The third kappa shape index (κ3) is 58.1. The molecular weight excluding hydrogens is 1150 g/mol. The number of unbranched alkanes of at least 4 members (excludes halogenated alkanes) is 54. The highest BCUT2D eigenvalue weighted by Gasteiger charge is 2.44. The van der Waals surface area contributed by atoms with Gasteiger partial charge in [0, 0.05) is 12.8 Å². The van der Waals surface area contributed by atoms with E-state index in [-0.39, 0.29) is 18.5 Å². The number of amides is 1. The number of nitrogens with one attached hydrogen (secondary N) is 1. The van der Waals surface area contributed by atoms with Crippen molar-refractivity contribution in [1.29, 1.82) is 0 Å². The van der Waals surface area contributed by atoms with E-state index in [9.17, 15) is 35.1 Å². The molecule has 1 amide bonds. The van der Waals surface area contributed by atoms with Gasteiger partial charge >= 0.3 is 5.97 Å². The first-order valence-electron chi connectivity index (χ1n) is 40.3. The van der Waals surface area contributed by atoms with Crippen LogP contribution in [0.4, 0.5) is 0 Å². The summed E-state index contributed by atoms with van der Waals surface area (Å²) < 4.78 is 16.7. The molecule has 1 heterocycles. The lowest BCUT2D eigenvalue weighted by Gasteiger charge is -2.40. The number of hydrogen-bond acceptors (Lipinski definition) is 10. The van der Waals surface area contributed by atoms with Crippen LogP contribution in [0, 0.1) is 0 Å². The quantitative estimate of drug-likeness (QED) is 0.0195. The fraction of sp³-hybridized carbons (Fsp3) is 0.901. The van der Waals surface area contributed by atoms with Crippen molar-refractivity contribution in [3.8, 4) is 0 Å². The number of aliphatic hydroxyl groups excluding tert-OH is 5. The van der Waals surface area contributed by atoms with Crippen LogP contribution >= 0.6 is 0 Å². The minimum atomic E-state index is -1.58. The van der Waals surface area contributed by atoms with Gasteiger partial charge in [-0.1, -0.05) is 378 Å². The summed E-state index contributed by atoms with van der Waals surface area (Å²) in [5, 5.41) is 54.5. The molecule has 11 nitrogen and oxygen atoms in total. The third-order valence-corrected chi connectivity index (χ3v) is 19.2. The SMILES string of the molecule is CCCC/C=C/CC/C=C/CC/C=C/C(O)C(COC1OC(CO)C(O)C(O)C1O)NC(=O)CCCCCCCCCCCCCCCCCCCCCCCCCCCCCCCCCCCCCCCCCOC(=O)CCCCCCCCCCCCCCC. The molecule has 1 fully saturated rings. The van der Waals surface area contributed by atoms with Crippen molar-refractivity contribution in [2.75, 3.05) is 19.8 Å². The highest BCUT2D eigenvalue weighted by molar-refractivity contribution is 5.76. The van der Waals surface area contributed by atoms with Crippen molar-refractivity contribution in [3.05, 3.63) is 36.5 Å². The van der Waals surface area contributed by atoms with Gasteiger partial charge in [-0.25, -0.2) is 0 Å². The molecule has 1 aliphatic heterocycles. The molecular formula is C81H153NO10. The molecule has 1 aliphatic rings. The van der Waals surface area contributed by atoms with Crippen LogP contribution in [0.2, 0.25) is 0 Å². The van der Waals surface area contributed by atoms with Crippen molar-refractivity contribution in [2.45, 2.75) is 448 Å². The standard InChI is InChI=1S/C81H153NO10/c1-3-5-7-9-11-13-15-44-49-53-57-61-65-69-77(86)90-70-66-62-58-54-50-46-43-41-39-37-35-33-31-29-27-25-23-21-19-17-18-20-22-24-26-28-30-32-34-36-38-40-42-45-48-52-56-60-64-68-76(85)82-73(72-91-81-80(89)79(88)78(87)75(71-83)92-81)74(84)67-63-59-55-51-47-16-14-12-10-8-6-4-2/h10,12,47,51,63,67,73-75,78-81,83-84,87-89H,3-9,11,13-46,48-50,52-62,64-66,68-72H2,1-2H3,(H,82,85)/b12-10+,51-47+,67-63+. The first-order valence-corrected chi connectivity index (χ1v) is 40.3. The Morgan fingerprint density at radius 3 is 1.07 bits per heavy atom. The van der Waals surface area contributed by atoms with Crippen LogP contribution in [0.5, 0.6) is 0 Å². The van der Waals surface area contributed by atoms with Gasteiger partial charge in [0.2, 0.25) is 5.91 Å². The molecule has 11 heteroatoms. The zero-order chi connectivity index (χ0) is 66.5. The minimum absolute atomic E-state index is 0.0203. The van der Waals surface area contributed by atoms with Gasteiger partial charge in [-0.2, -0.15) is 0 Å². The van der Waals surface area contributed by atoms with Crippen LogP contribution in [-0.4, -0.2) is 100 Å². The highest BCUT2D eigenvalue weighted by Crippen LogP contribution is 2.24. The Labute approximate surface area is 568 Å². The normalized spacial score (nSPS) is 17.7. The Hall–Kier alpha value is -2.12. The molecule has 1 saturated heterocycles. The number of allylic oxidation sites excluding steroid dienone is 5.